The molecule has 0 saturated carbocycles. The number of thiol groups is 1. The van der Waals surface area contributed by atoms with Crippen molar-refractivity contribution >= 4 is 254 Å². The number of non-ortho nitro benzene ring substituents is 1. The highest BCUT2D eigenvalue weighted by Gasteiger charge is 2.23. The molecule has 0 saturated heterocycles. The number of nitrogens with two attached hydrogens (primary N) is 1. The van der Waals surface area contributed by atoms with Gasteiger partial charge in [0.05, 0.1) is 50.4 Å². The van der Waals surface area contributed by atoms with Crippen LogP contribution in [0.4, 0.5) is 5.69 Å². The molecule has 9 aromatic rings. The van der Waals surface area contributed by atoms with Gasteiger partial charge in [-0.1, -0.05) is 160 Å². The van der Waals surface area contributed by atoms with Crippen molar-refractivity contribution in [2.75, 3.05) is 17.4 Å². The Labute approximate surface area is 562 Å². The summed E-state index contributed by atoms with van der Waals surface area (Å²) in [5, 5.41) is 26.7. The number of thiophene rings is 3. The number of nitro groups is 1. The molecule has 9 rings (SSSR count). The lowest BCUT2D eigenvalue weighted by molar-refractivity contribution is -0.384. The molecule has 0 aliphatic heterocycles. The highest BCUT2D eigenvalue weighted by Crippen LogP contribution is 2.42. The Bertz CT molecular complexity index is 3830. The van der Waals surface area contributed by atoms with Gasteiger partial charge in [0.1, 0.15) is 14.2 Å². The van der Waals surface area contributed by atoms with Gasteiger partial charge < -0.3 is 15.6 Å². The molecule has 3 aromatic heterocycles. The van der Waals surface area contributed by atoms with Crippen LogP contribution in [0.2, 0.25) is 50.2 Å². The number of sulfonamides is 2. The number of primary sulfonamides is 1. The van der Waals surface area contributed by atoms with E-state index in [0.717, 1.165) is 99.0 Å². The van der Waals surface area contributed by atoms with Gasteiger partial charge in [-0.2, -0.15) is 0 Å². The number of quaternary nitrogens is 1. The number of hydrogen-bond acceptors (Lipinski definition) is 14. The van der Waals surface area contributed by atoms with E-state index >= 15 is 0 Å². The summed E-state index contributed by atoms with van der Waals surface area (Å²) in [4.78, 5) is 23.8. The van der Waals surface area contributed by atoms with Gasteiger partial charge >= 0.3 is 0 Å². The van der Waals surface area contributed by atoms with Crippen molar-refractivity contribution in [3.63, 3.8) is 0 Å². The van der Waals surface area contributed by atoms with Crippen LogP contribution in [0.15, 0.2) is 139 Å². The van der Waals surface area contributed by atoms with Crippen LogP contribution in [0.3, 0.4) is 0 Å². The Morgan fingerprint density at radius 2 is 1.11 bits per heavy atom. The molecule has 0 spiro atoms. The lowest BCUT2D eigenvalue weighted by atomic mass is 10.3. The Hall–Kier alpha value is -1.55. The molecule has 32 heteroatoms. The Kier molecular flexibility index (Phi) is 31.9. The third kappa shape index (κ3) is 24.4. The first kappa shape index (κ1) is 75.7. The molecule has 1 atom stereocenters. The smallest absolute Gasteiger partial charge is 0.269 e. The highest BCUT2D eigenvalue weighted by molar-refractivity contribution is 9.09. The predicted octanol–water partition coefficient (Wildman–Crippen LogP) is 21.7. The number of halogens is 11. The zero-order chi connectivity index (χ0) is 61.4. The fourth-order valence-electron chi connectivity index (χ4n) is 5.72. The van der Waals surface area contributed by atoms with Crippen molar-refractivity contribution in [1.82, 2.24) is 10.9 Å². The molecule has 452 valence electrons. The number of thioether (sulfide) groups is 1. The van der Waals surface area contributed by atoms with Gasteiger partial charge in [0.2, 0.25) is 10.0 Å². The van der Waals surface area contributed by atoms with E-state index in [4.69, 9.17) is 126 Å². The minimum absolute atomic E-state index is 0. The van der Waals surface area contributed by atoms with Crippen molar-refractivity contribution in [2.24, 2.45) is 17.0 Å². The molecular weight excluding hydrogens is 1500 g/mol. The summed E-state index contributed by atoms with van der Waals surface area (Å²) in [6.45, 7) is 8.72. The molecule has 0 aliphatic rings. The Morgan fingerprint density at radius 3 is 1.55 bits per heavy atom. The van der Waals surface area contributed by atoms with E-state index in [1.807, 2.05) is 46.5 Å². The summed E-state index contributed by atoms with van der Waals surface area (Å²) in [6.07, 6.45) is -1.03. The van der Waals surface area contributed by atoms with E-state index in [-0.39, 0.29) is 27.4 Å². The van der Waals surface area contributed by atoms with E-state index in [2.05, 4.69) is 56.3 Å². The number of nitro benzene ring substituents is 1. The molecule has 83 heavy (non-hydrogen) atoms. The summed E-state index contributed by atoms with van der Waals surface area (Å²) in [6, 6.07) is 29.6. The molecule has 3 heterocycles. The number of nitrogens with one attached hydrogen (secondary N) is 1. The van der Waals surface area contributed by atoms with E-state index in [1.165, 1.54) is 24.3 Å². The first-order valence-electron chi connectivity index (χ1n) is 22.8. The first-order valence-corrected chi connectivity index (χ1v) is 36.4. The monoisotopic (exact) mass is 1550 g/mol. The third-order valence-electron chi connectivity index (χ3n) is 9.60. The predicted molar refractivity (Wildman–Crippen MR) is 366 cm³/mol. The molecule has 0 bridgehead atoms. The average Bonchev–Trinajstić information content (AvgIpc) is 3.82. The largest absolute Gasteiger partial charge is 0.768 e. The minimum atomic E-state index is -4.68. The highest BCUT2D eigenvalue weighted by atomic mass is 79.9. The summed E-state index contributed by atoms with van der Waals surface area (Å²) in [5.41, 5.74) is -0.249. The number of rotatable bonds is 12. The Balaban J connectivity index is 0.000000372. The molecule has 0 amide bonds. The van der Waals surface area contributed by atoms with Crippen LogP contribution in [0, 0.1) is 22.0 Å². The zero-order valence-electron chi connectivity index (χ0n) is 43.5. The number of nitrogens with zero attached hydrogens (tertiary/aromatic N) is 1. The van der Waals surface area contributed by atoms with Gasteiger partial charge in [-0.3, -0.25) is 14.7 Å². The zero-order valence-corrected chi connectivity index (χ0v) is 59.4. The number of alkyl halides is 1. The van der Waals surface area contributed by atoms with Crippen molar-refractivity contribution in [2.45, 2.75) is 45.9 Å². The number of fused-ring (bicyclic) bond motifs is 3. The summed E-state index contributed by atoms with van der Waals surface area (Å²) >= 11 is 71.4. The lowest BCUT2D eigenvalue weighted by Gasteiger charge is -2.24. The molecular formula is C51H50BrCl10N4O9PS7. The van der Waals surface area contributed by atoms with Gasteiger partial charge in [0.15, 0.2) is 7.60 Å². The maximum absolute atomic E-state index is 12.5. The van der Waals surface area contributed by atoms with Crippen LogP contribution in [0.25, 0.3) is 30.3 Å². The van der Waals surface area contributed by atoms with Gasteiger partial charge in [0.25, 0.3) is 15.7 Å². The van der Waals surface area contributed by atoms with Crippen LogP contribution < -0.4 is 25.4 Å². The van der Waals surface area contributed by atoms with Gasteiger partial charge in [-0.15, -0.1) is 58.4 Å². The summed E-state index contributed by atoms with van der Waals surface area (Å²) in [5.74, 6) is 2.35. The fraction of sp³-hybridized carbons (Fsp3) is 0.176. The molecule has 0 fully saturated rings. The quantitative estimate of drug-likeness (QED) is 0.0225. The molecule has 7 N–H and O–H groups in total. The minimum Gasteiger partial charge on any atom is -0.768 e. The van der Waals surface area contributed by atoms with Crippen LogP contribution in [0.5, 0.6) is 5.75 Å². The van der Waals surface area contributed by atoms with Crippen molar-refractivity contribution in [3.8, 4) is 5.75 Å². The molecule has 13 nitrogen and oxygen atoms in total. The SMILES string of the molecule is CC(C)CBr.CC(C)CSc1cc(Cl)ccc1Cl.Clc1ccc(Cl)c2sccc12.NS(=O)(=O)c1cc2c(Cl)ccc(Cl)c2s1.O=[N+]([O-])c1ccc(OP(=O)([O-])CNS(=O)(=O)c2cc3c(Cl)ccc(Cl)c3s2)cc1.Sc1cc(Cl)ccc1Cl.[HH].[NH4+]. The maximum atomic E-state index is 12.5. The van der Waals surface area contributed by atoms with Crippen LogP contribution in [-0.2, 0) is 24.6 Å². The lowest BCUT2D eigenvalue weighted by Crippen LogP contribution is -2.28. The van der Waals surface area contributed by atoms with Crippen LogP contribution in [-0.4, -0.2) is 39.1 Å². The topological polar surface area (TPSA) is 235 Å². The Morgan fingerprint density at radius 1 is 0.663 bits per heavy atom. The number of hydrogen-bond donors (Lipinski definition) is 4. The van der Waals surface area contributed by atoms with E-state index in [1.54, 1.807) is 53.4 Å². The van der Waals surface area contributed by atoms with Gasteiger partial charge in [0, 0.05) is 75.7 Å². The second kappa shape index (κ2) is 35.0. The fourth-order valence-corrected chi connectivity index (χ4v) is 16.0. The van der Waals surface area contributed by atoms with E-state index < -0.39 is 38.9 Å². The van der Waals surface area contributed by atoms with Crippen molar-refractivity contribution < 1.29 is 37.2 Å². The van der Waals surface area contributed by atoms with Crippen LogP contribution in [0.1, 0.15) is 29.1 Å². The maximum Gasteiger partial charge on any atom is 0.269 e. The second-order valence-electron chi connectivity index (χ2n) is 17.1. The summed E-state index contributed by atoms with van der Waals surface area (Å²) in [7, 11) is -12.6. The molecule has 1 unspecified atom stereocenters. The van der Waals surface area contributed by atoms with Crippen molar-refractivity contribution in [1.29, 1.82) is 0 Å². The van der Waals surface area contributed by atoms with E-state index in [0.29, 0.717) is 61.1 Å². The molecule has 0 radical (unpaired) electrons. The third-order valence-corrected chi connectivity index (χ3v) is 24.2. The first-order chi connectivity index (χ1) is 38.2. The van der Waals surface area contributed by atoms with Gasteiger partial charge in [-0.05, 0) is 120 Å². The molecule has 0 aliphatic carbocycles. The average molecular weight is 1550 g/mol. The van der Waals surface area contributed by atoms with Crippen LogP contribution >= 0.6 is 198 Å². The van der Waals surface area contributed by atoms with Crippen molar-refractivity contribution in [3.05, 3.63) is 181 Å². The second-order valence-corrected chi connectivity index (χ2v) is 31.9. The number of benzene rings is 6. The standard InChI is InChI=1S/C15H11Cl2N2O7PS2.C10H12Cl2S.C8H5Cl2NO2S2.C8H4Cl2S.C6H4Cl2S.C4H9Br.H3N.H2/c16-12-5-6-13(17)15-11(12)7-14(28-15)29(24,25)18-8-27(22,23)26-10-3-1-9(2-4-10)19(20)21;1-7(2)6-13-10-5-8(11)3-4-9(10)12;9-5-1-2-6(10)8-4(5)3-7(14-8)15(11,12)13;9-6-1-2-7(10)8-5(6)3-4-11-8;7-4-1-2-5(8)6(9)3-4;1-4(2)3-5;;/h1-7,18H,8H2,(H,22,23);3-5,7H,6H2,1-2H3;1-3H,(H2,11,12,13);1-4H;1-3,9H;4H,3H2,1-2H3;1H3;1H. The van der Waals surface area contributed by atoms with Gasteiger partial charge in [-0.25, -0.2) is 26.7 Å². The van der Waals surface area contributed by atoms with E-state index in [9.17, 15) is 36.4 Å². The normalized spacial score (nSPS) is 11.8. The summed E-state index contributed by atoms with van der Waals surface area (Å²) < 4.78 is 68.0. The molecule has 6 aromatic carbocycles.